The highest BCUT2D eigenvalue weighted by molar-refractivity contribution is 6.09. The number of hydrogen-bond acceptors (Lipinski definition) is 4. The fourth-order valence-electron chi connectivity index (χ4n) is 2.49. The van der Waals surface area contributed by atoms with Gasteiger partial charge in [-0.25, -0.2) is 14.2 Å². The molecule has 1 atom stereocenters. The van der Waals surface area contributed by atoms with Gasteiger partial charge in [0.05, 0.1) is 24.6 Å². The van der Waals surface area contributed by atoms with E-state index in [4.69, 9.17) is 4.74 Å². The molecule has 0 saturated heterocycles. The van der Waals surface area contributed by atoms with E-state index >= 15 is 0 Å². The van der Waals surface area contributed by atoms with Crippen LogP contribution in [0.25, 0.3) is 0 Å². The van der Waals surface area contributed by atoms with Gasteiger partial charge < -0.3 is 9.47 Å². The summed E-state index contributed by atoms with van der Waals surface area (Å²) in [4.78, 5) is 16.0. The van der Waals surface area contributed by atoms with Crippen molar-refractivity contribution in [2.75, 3.05) is 13.8 Å². The minimum atomic E-state index is -1.38. The lowest BCUT2D eigenvalue weighted by atomic mass is 10.0. The van der Waals surface area contributed by atoms with Crippen LogP contribution in [-0.4, -0.2) is 25.5 Å². The molecule has 1 heterocycles. The number of allylic oxidation sites excluding steroid dienone is 1. The number of esters is 1. The van der Waals surface area contributed by atoms with Crippen molar-refractivity contribution < 1.29 is 18.7 Å². The fraction of sp³-hybridized carbons (Fsp3) is 0.158. The van der Waals surface area contributed by atoms with Crippen LogP contribution in [0.4, 0.5) is 4.39 Å². The summed E-state index contributed by atoms with van der Waals surface area (Å²) in [5.74, 6) is -0.409. The fourth-order valence-corrected chi connectivity index (χ4v) is 2.49. The molecule has 1 unspecified atom stereocenters. The average molecular weight is 325 g/mol. The monoisotopic (exact) mass is 325 g/mol. The molecule has 0 saturated carbocycles. The van der Waals surface area contributed by atoms with Crippen molar-refractivity contribution in [3.63, 3.8) is 0 Å². The SMILES string of the molecule is COC(=O)c1ccc(C2=NC(CF)(c3ccccc3)OC=C2)cc1. The highest BCUT2D eigenvalue weighted by atomic mass is 19.1. The maximum absolute atomic E-state index is 13.8. The van der Waals surface area contributed by atoms with Gasteiger partial charge >= 0.3 is 5.97 Å². The molecule has 0 bridgehead atoms. The zero-order chi connectivity index (χ0) is 17.0. The van der Waals surface area contributed by atoms with E-state index in [-0.39, 0.29) is 0 Å². The van der Waals surface area contributed by atoms with Gasteiger partial charge in [-0.1, -0.05) is 42.5 Å². The summed E-state index contributed by atoms with van der Waals surface area (Å²) >= 11 is 0. The van der Waals surface area contributed by atoms with Crippen LogP contribution >= 0.6 is 0 Å². The number of benzene rings is 2. The summed E-state index contributed by atoms with van der Waals surface area (Å²) in [7, 11) is 1.33. The van der Waals surface area contributed by atoms with Crippen molar-refractivity contribution in [3.05, 3.63) is 83.6 Å². The lowest BCUT2D eigenvalue weighted by molar-refractivity contribution is 0.000605. The van der Waals surface area contributed by atoms with Gasteiger partial charge in [0, 0.05) is 11.1 Å². The van der Waals surface area contributed by atoms with Crippen LogP contribution in [0.3, 0.4) is 0 Å². The second kappa shape index (κ2) is 6.66. The Morgan fingerprint density at radius 3 is 2.50 bits per heavy atom. The van der Waals surface area contributed by atoms with Gasteiger partial charge in [0.25, 0.3) is 5.72 Å². The third-order valence-corrected chi connectivity index (χ3v) is 3.80. The van der Waals surface area contributed by atoms with E-state index in [0.717, 1.165) is 5.56 Å². The number of alkyl halides is 1. The van der Waals surface area contributed by atoms with Crippen molar-refractivity contribution >= 4 is 11.7 Å². The average Bonchev–Trinajstić information content (AvgIpc) is 2.68. The first kappa shape index (κ1) is 15.9. The van der Waals surface area contributed by atoms with Gasteiger partial charge in [0.2, 0.25) is 0 Å². The summed E-state index contributed by atoms with van der Waals surface area (Å²) in [6, 6.07) is 15.8. The van der Waals surface area contributed by atoms with Gasteiger partial charge in [-0.05, 0) is 18.2 Å². The molecule has 1 aliphatic rings. The van der Waals surface area contributed by atoms with E-state index in [1.165, 1.54) is 13.4 Å². The van der Waals surface area contributed by atoms with Gasteiger partial charge in [-0.2, -0.15) is 0 Å². The Morgan fingerprint density at radius 1 is 1.17 bits per heavy atom. The third-order valence-electron chi connectivity index (χ3n) is 3.80. The number of aliphatic imine (C=N–C) groups is 1. The zero-order valence-electron chi connectivity index (χ0n) is 13.1. The van der Waals surface area contributed by atoms with Gasteiger partial charge in [-0.3, -0.25) is 0 Å². The highest BCUT2D eigenvalue weighted by Crippen LogP contribution is 2.32. The maximum Gasteiger partial charge on any atom is 0.337 e. The van der Waals surface area contributed by atoms with Crippen molar-refractivity contribution in [1.82, 2.24) is 0 Å². The molecule has 4 nitrogen and oxygen atoms in total. The van der Waals surface area contributed by atoms with Crippen LogP contribution in [0, 0.1) is 0 Å². The second-order valence-corrected chi connectivity index (χ2v) is 5.27. The molecule has 122 valence electrons. The van der Waals surface area contributed by atoms with E-state index in [1.807, 2.05) is 18.2 Å². The molecule has 5 heteroatoms. The van der Waals surface area contributed by atoms with Crippen LogP contribution in [0.15, 0.2) is 71.9 Å². The summed E-state index contributed by atoms with van der Waals surface area (Å²) in [6.07, 6.45) is 3.12. The Kier molecular flexibility index (Phi) is 4.42. The topological polar surface area (TPSA) is 47.9 Å². The number of carbonyl (C=O) groups excluding carboxylic acids is 1. The molecule has 0 aromatic heterocycles. The number of rotatable bonds is 4. The van der Waals surface area contributed by atoms with Crippen LogP contribution < -0.4 is 0 Å². The molecule has 0 fully saturated rings. The Balaban J connectivity index is 1.97. The maximum atomic E-state index is 13.8. The molecule has 0 amide bonds. The standard InChI is InChI=1S/C19H16FNO3/c1-23-18(22)15-9-7-14(8-10-15)17-11-12-24-19(13-20,21-17)16-5-3-2-4-6-16/h2-12H,13H2,1H3. The molecule has 24 heavy (non-hydrogen) atoms. The molecular formula is C19H16FNO3. The predicted octanol–water partition coefficient (Wildman–Crippen LogP) is 3.63. The van der Waals surface area contributed by atoms with Gasteiger partial charge in [0.1, 0.15) is 0 Å². The van der Waals surface area contributed by atoms with E-state index < -0.39 is 18.4 Å². The molecule has 0 N–H and O–H groups in total. The van der Waals surface area contributed by atoms with Gasteiger partial charge in [-0.15, -0.1) is 0 Å². The van der Waals surface area contributed by atoms with Crippen LogP contribution in [0.1, 0.15) is 21.5 Å². The van der Waals surface area contributed by atoms with Crippen molar-refractivity contribution in [1.29, 1.82) is 0 Å². The smallest absolute Gasteiger partial charge is 0.337 e. The quantitative estimate of drug-likeness (QED) is 0.807. The Labute approximate surface area is 139 Å². The summed E-state index contributed by atoms with van der Waals surface area (Å²) in [6.45, 7) is -0.787. The molecule has 0 radical (unpaired) electrons. The summed E-state index contributed by atoms with van der Waals surface area (Å²) < 4.78 is 24.0. The number of hydrogen-bond donors (Lipinski definition) is 0. The third kappa shape index (κ3) is 2.93. The van der Waals surface area contributed by atoms with Crippen molar-refractivity contribution in [3.8, 4) is 0 Å². The first-order chi connectivity index (χ1) is 11.7. The number of nitrogens with zero attached hydrogens (tertiary/aromatic N) is 1. The molecule has 0 spiro atoms. The number of methoxy groups -OCH3 is 1. The Morgan fingerprint density at radius 2 is 1.88 bits per heavy atom. The normalized spacial score (nSPS) is 19.3. The predicted molar refractivity (Wildman–Crippen MR) is 88.6 cm³/mol. The zero-order valence-corrected chi connectivity index (χ0v) is 13.1. The number of halogens is 1. The van der Waals surface area contributed by atoms with E-state index in [1.54, 1.807) is 42.5 Å². The molecule has 1 aliphatic heterocycles. The number of ether oxygens (including phenoxy) is 2. The first-order valence-corrected chi connectivity index (χ1v) is 7.43. The minimum absolute atomic E-state index is 0.409. The lowest BCUT2D eigenvalue weighted by Crippen LogP contribution is -2.32. The van der Waals surface area contributed by atoms with Crippen LogP contribution in [0.5, 0.6) is 0 Å². The Bertz CT molecular complexity index is 784. The van der Waals surface area contributed by atoms with E-state index in [2.05, 4.69) is 9.73 Å². The largest absolute Gasteiger partial charge is 0.467 e. The van der Waals surface area contributed by atoms with Crippen molar-refractivity contribution in [2.24, 2.45) is 4.99 Å². The summed E-state index contributed by atoms with van der Waals surface area (Å²) in [5, 5.41) is 0. The minimum Gasteiger partial charge on any atom is -0.467 e. The molecule has 2 aromatic rings. The molecule has 3 rings (SSSR count). The number of carbonyl (C=O) groups is 1. The molecule has 2 aromatic carbocycles. The van der Waals surface area contributed by atoms with E-state index in [0.29, 0.717) is 16.8 Å². The van der Waals surface area contributed by atoms with Crippen molar-refractivity contribution in [2.45, 2.75) is 5.72 Å². The van der Waals surface area contributed by atoms with Crippen LogP contribution in [0.2, 0.25) is 0 Å². The van der Waals surface area contributed by atoms with Gasteiger partial charge in [0.15, 0.2) is 6.67 Å². The molecule has 0 aliphatic carbocycles. The summed E-state index contributed by atoms with van der Waals surface area (Å²) in [5.41, 5.74) is 1.04. The highest BCUT2D eigenvalue weighted by Gasteiger charge is 2.35. The second-order valence-electron chi connectivity index (χ2n) is 5.27. The first-order valence-electron chi connectivity index (χ1n) is 7.43. The molecular weight excluding hydrogens is 309 g/mol. The lowest BCUT2D eigenvalue weighted by Gasteiger charge is -2.30. The van der Waals surface area contributed by atoms with Crippen LogP contribution in [-0.2, 0) is 15.2 Å². The van der Waals surface area contributed by atoms with E-state index in [9.17, 15) is 9.18 Å². The Hall–Kier alpha value is -2.95.